The normalized spacial score (nSPS) is 15.6. The van der Waals surface area contributed by atoms with Gasteiger partial charge >= 0.3 is 12.4 Å². The summed E-state index contributed by atoms with van der Waals surface area (Å²) in [5.74, 6) is -3.68. The maximum Gasteiger partial charge on any atom is 0.393 e. The summed E-state index contributed by atoms with van der Waals surface area (Å²) in [7, 11) is 0. The second kappa shape index (κ2) is 6.25. The van der Waals surface area contributed by atoms with E-state index < -0.39 is 35.9 Å². The van der Waals surface area contributed by atoms with Gasteiger partial charge in [0.2, 0.25) is 5.24 Å². The lowest BCUT2D eigenvalue weighted by Gasteiger charge is -2.23. The van der Waals surface area contributed by atoms with Gasteiger partial charge < -0.3 is 0 Å². The first kappa shape index (κ1) is 17.8. The molecular weight excluding hydrogens is 322 g/mol. The van der Waals surface area contributed by atoms with Crippen LogP contribution < -0.4 is 0 Å². The number of alkyl halides is 6. The van der Waals surface area contributed by atoms with Gasteiger partial charge in [-0.1, -0.05) is 31.2 Å². The Kier molecular flexibility index (Phi) is 5.30. The highest BCUT2D eigenvalue weighted by molar-refractivity contribution is 6.64. The largest absolute Gasteiger partial charge is 0.393 e. The molecule has 0 N–H and O–H groups in total. The van der Waals surface area contributed by atoms with Crippen LogP contribution in [0.15, 0.2) is 24.3 Å². The number of carbonyl (C=O) groups is 1. The number of rotatable bonds is 4. The highest BCUT2D eigenvalue weighted by atomic mass is 35.5. The van der Waals surface area contributed by atoms with Gasteiger partial charge in [0.05, 0.1) is 18.3 Å². The van der Waals surface area contributed by atoms with Gasteiger partial charge in [0.15, 0.2) is 0 Å². The van der Waals surface area contributed by atoms with Crippen LogP contribution in [0.5, 0.6) is 0 Å². The third kappa shape index (κ3) is 5.22. The maximum absolute atomic E-state index is 12.7. The molecular formula is C13H11ClF6O. The number of hydrogen-bond donors (Lipinski definition) is 0. The first-order chi connectivity index (χ1) is 9.42. The van der Waals surface area contributed by atoms with E-state index in [9.17, 15) is 31.1 Å². The average Bonchev–Trinajstić information content (AvgIpc) is 2.27. The lowest BCUT2D eigenvalue weighted by molar-refractivity contribution is -0.177. The van der Waals surface area contributed by atoms with E-state index in [0.29, 0.717) is 0 Å². The SMILES string of the molecule is CC(C(C(=O)Cl)c1ccc(CC(F)(F)F)cc1)C(F)(F)F. The molecule has 118 valence electrons. The second-order valence-electron chi connectivity index (χ2n) is 4.65. The van der Waals surface area contributed by atoms with Crippen LogP contribution in [0.3, 0.4) is 0 Å². The fourth-order valence-electron chi connectivity index (χ4n) is 1.88. The predicted octanol–water partition coefficient (Wildman–Crippen LogP) is 4.84. The number of halogens is 7. The van der Waals surface area contributed by atoms with Crippen LogP contribution in [0.1, 0.15) is 24.0 Å². The van der Waals surface area contributed by atoms with Crippen molar-refractivity contribution >= 4 is 16.8 Å². The average molecular weight is 333 g/mol. The van der Waals surface area contributed by atoms with Gasteiger partial charge in [0.25, 0.3) is 0 Å². The van der Waals surface area contributed by atoms with Crippen molar-refractivity contribution in [2.75, 3.05) is 0 Å². The van der Waals surface area contributed by atoms with Crippen LogP contribution in [-0.2, 0) is 11.2 Å². The Balaban J connectivity index is 3.04. The molecule has 1 rings (SSSR count). The van der Waals surface area contributed by atoms with E-state index in [0.717, 1.165) is 31.2 Å². The zero-order valence-electron chi connectivity index (χ0n) is 10.7. The van der Waals surface area contributed by atoms with Crippen molar-refractivity contribution in [3.63, 3.8) is 0 Å². The Morgan fingerprint density at radius 1 is 1.10 bits per heavy atom. The first-order valence-electron chi connectivity index (χ1n) is 5.83. The molecule has 0 saturated carbocycles. The minimum Gasteiger partial charge on any atom is -0.281 e. The van der Waals surface area contributed by atoms with Gasteiger partial charge in [-0.3, -0.25) is 4.79 Å². The molecule has 0 spiro atoms. The fraction of sp³-hybridized carbons (Fsp3) is 0.462. The summed E-state index contributed by atoms with van der Waals surface area (Å²) in [6.07, 6.45) is -10.2. The molecule has 0 bridgehead atoms. The fourth-order valence-corrected chi connectivity index (χ4v) is 2.19. The summed E-state index contributed by atoms with van der Waals surface area (Å²) in [6, 6.07) is 4.21. The molecule has 0 radical (unpaired) electrons. The van der Waals surface area contributed by atoms with Crippen molar-refractivity contribution in [2.45, 2.75) is 31.6 Å². The summed E-state index contributed by atoms with van der Waals surface area (Å²) < 4.78 is 74.6. The number of carbonyl (C=O) groups excluding carboxylic acids is 1. The molecule has 0 fully saturated rings. The van der Waals surface area contributed by atoms with Gasteiger partial charge in [-0.15, -0.1) is 0 Å². The molecule has 21 heavy (non-hydrogen) atoms. The van der Waals surface area contributed by atoms with Crippen molar-refractivity contribution in [1.82, 2.24) is 0 Å². The Morgan fingerprint density at radius 3 is 1.90 bits per heavy atom. The highest BCUT2D eigenvalue weighted by Crippen LogP contribution is 2.38. The minimum absolute atomic E-state index is 0.0641. The van der Waals surface area contributed by atoms with E-state index in [1.165, 1.54) is 0 Å². The molecule has 2 atom stereocenters. The Bertz CT molecular complexity index is 491. The zero-order valence-corrected chi connectivity index (χ0v) is 11.5. The summed E-state index contributed by atoms with van der Waals surface area (Å²) in [6.45, 7) is 0.800. The molecule has 0 saturated heterocycles. The van der Waals surface area contributed by atoms with Crippen LogP contribution in [-0.4, -0.2) is 17.6 Å². The smallest absolute Gasteiger partial charge is 0.281 e. The summed E-state index contributed by atoms with van der Waals surface area (Å²) in [5.41, 5.74) is -0.169. The topological polar surface area (TPSA) is 17.1 Å². The molecule has 1 nitrogen and oxygen atoms in total. The molecule has 1 aromatic rings. The van der Waals surface area contributed by atoms with Crippen LogP contribution in [0, 0.1) is 5.92 Å². The van der Waals surface area contributed by atoms with Crippen molar-refractivity contribution < 1.29 is 31.1 Å². The lowest BCUT2D eigenvalue weighted by Crippen LogP contribution is -2.29. The molecule has 0 amide bonds. The molecule has 0 aliphatic carbocycles. The van der Waals surface area contributed by atoms with E-state index >= 15 is 0 Å². The van der Waals surface area contributed by atoms with E-state index in [4.69, 9.17) is 11.6 Å². The maximum atomic E-state index is 12.7. The van der Waals surface area contributed by atoms with Crippen molar-refractivity contribution in [3.05, 3.63) is 35.4 Å². The van der Waals surface area contributed by atoms with Crippen molar-refractivity contribution in [3.8, 4) is 0 Å². The minimum atomic E-state index is -4.64. The third-order valence-corrected chi connectivity index (χ3v) is 3.24. The molecule has 2 unspecified atom stereocenters. The van der Waals surface area contributed by atoms with E-state index in [1.54, 1.807) is 0 Å². The van der Waals surface area contributed by atoms with Crippen LogP contribution in [0.2, 0.25) is 0 Å². The van der Waals surface area contributed by atoms with Crippen LogP contribution >= 0.6 is 11.6 Å². The van der Waals surface area contributed by atoms with E-state index in [2.05, 4.69) is 0 Å². The van der Waals surface area contributed by atoms with E-state index in [1.807, 2.05) is 0 Å². The molecule has 0 heterocycles. The Labute approximate surface area is 121 Å². The van der Waals surface area contributed by atoms with Crippen molar-refractivity contribution in [1.29, 1.82) is 0 Å². The summed E-state index contributed by atoms with van der Waals surface area (Å²) >= 11 is 5.21. The molecule has 0 aliphatic rings. The first-order valence-corrected chi connectivity index (χ1v) is 6.21. The molecule has 0 aromatic heterocycles. The Hall–Kier alpha value is -1.24. The zero-order chi connectivity index (χ0) is 16.4. The highest BCUT2D eigenvalue weighted by Gasteiger charge is 2.44. The van der Waals surface area contributed by atoms with Crippen LogP contribution in [0.25, 0.3) is 0 Å². The van der Waals surface area contributed by atoms with Gasteiger partial charge in [0, 0.05) is 0 Å². The van der Waals surface area contributed by atoms with Gasteiger partial charge in [-0.05, 0) is 22.7 Å². The Morgan fingerprint density at radius 2 is 1.57 bits per heavy atom. The van der Waals surface area contributed by atoms with Crippen LogP contribution in [0.4, 0.5) is 26.3 Å². The van der Waals surface area contributed by atoms with Gasteiger partial charge in [-0.25, -0.2) is 0 Å². The van der Waals surface area contributed by atoms with Gasteiger partial charge in [-0.2, -0.15) is 26.3 Å². The summed E-state index contributed by atoms with van der Waals surface area (Å²) in [4.78, 5) is 11.2. The molecule has 0 aliphatic heterocycles. The third-order valence-electron chi connectivity index (χ3n) is 3.00. The molecule has 1 aromatic carbocycles. The second-order valence-corrected chi connectivity index (χ2v) is 5.02. The monoisotopic (exact) mass is 332 g/mol. The lowest BCUT2D eigenvalue weighted by atomic mass is 9.87. The number of benzene rings is 1. The van der Waals surface area contributed by atoms with Gasteiger partial charge in [0.1, 0.15) is 0 Å². The van der Waals surface area contributed by atoms with E-state index in [-0.39, 0.29) is 11.1 Å². The standard InChI is InChI=1S/C13H11ClF6O/c1-7(13(18,19)20)10(11(14)21)9-4-2-8(3-5-9)6-12(15,16)17/h2-5,7,10H,6H2,1H3. The molecule has 8 heteroatoms. The quantitative estimate of drug-likeness (QED) is 0.569. The van der Waals surface area contributed by atoms with Crippen molar-refractivity contribution in [2.24, 2.45) is 5.92 Å². The number of hydrogen-bond acceptors (Lipinski definition) is 1. The summed E-state index contributed by atoms with van der Waals surface area (Å²) in [5, 5.41) is -1.21. The predicted molar refractivity (Wildman–Crippen MR) is 65.0 cm³/mol.